The summed E-state index contributed by atoms with van der Waals surface area (Å²) in [5, 5.41) is 12.0. The van der Waals surface area contributed by atoms with Gasteiger partial charge in [0.05, 0.1) is 0 Å². The van der Waals surface area contributed by atoms with Gasteiger partial charge in [-0.1, -0.05) is 26.0 Å². The summed E-state index contributed by atoms with van der Waals surface area (Å²) in [6.45, 7) is 4.58. The molecule has 3 heterocycles. The van der Waals surface area contributed by atoms with E-state index in [1.54, 1.807) is 19.3 Å². The van der Waals surface area contributed by atoms with Crippen LogP contribution in [0.2, 0.25) is 0 Å². The normalized spacial score (nSPS) is 19.0. The lowest BCUT2D eigenvalue weighted by Crippen LogP contribution is -2.47. The number of nitrogens with zero attached hydrogens (tertiary/aromatic N) is 3. The molecule has 8 nitrogen and oxygen atoms in total. The molecular formula is C23H26N4O4. The number of carbonyl (C=O) groups is 2. The first-order valence-electron chi connectivity index (χ1n) is 10.5. The summed E-state index contributed by atoms with van der Waals surface area (Å²) >= 11 is 0. The van der Waals surface area contributed by atoms with Gasteiger partial charge in [0.2, 0.25) is 0 Å². The number of fused-ring (bicyclic) bond motifs is 1. The summed E-state index contributed by atoms with van der Waals surface area (Å²) in [6, 6.07) is 9.28. The van der Waals surface area contributed by atoms with Crippen molar-refractivity contribution in [2.24, 2.45) is 5.92 Å². The first kappa shape index (κ1) is 20.8. The van der Waals surface area contributed by atoms with E-state index in [1.165, 1.54) is 4.90 Å². The topological polar surface area (TPSA) is 109 Å². The van der Waals surface area contributed by atoms with Crippen molar-refractivity contribution in [3.63, 3.8) is 0 Å². The van der Waals surface area contributed by atoms with E-state index >= 15 is 0 Å². The van der Waals surface area contributed by atoms with Gasteiger partial charge in [-0.15, -0.1) is 0 Å². The van der Waals surface area contributed by atoms with E-state index in [-0.39, 0.29) is 23.8 Å². The first-order chi connectivity index (χ1) is 14.9. The highest BCUT2D eigenvalue weighted by molar-refractivity contribution is 5.92. The molecule has 31 heavy (non-hydrogen) atoms. The summed E-state index contributed by atoms with van der Waals surface area (Å²) in [4.78, 5) is 33.7. The minimum absolute atomic E-state index is 0.0493. The van der Waals surface area contributed by atoms with E-state index in [0.717, 1.165) is 16.6 Å². The van der Waals surface area contributed by atoms with Gasteiger partial charge < -0.3 is 19.7 Å². The molecule has 0 bridgehead atoms. The van der Waals surface area contributed by atoms with Crippen molar-refractivity contribution < 1.29 is 19.1 Å². The molecule has 0 saturated carbocycles. The van der Waals surface area contributed by atoms with Gasteiger partial charge in [-0.25, -0.2) is 9.78 Å². The molecule has 162 valence electrons. The van der Waals surface area contributed by atoms with E-state index < -0.39 is 6.09 Å². The average molecular weight is 422 g/mol. The Hall–Kier alpha value is -3.42. The van der Waals surface area contributed by atoms with Crippen LogP contribution >= 0.6 is 0 Å². The monoisotopic (exact) mass is 422 g/mol. The second-order valence-electron chi connectivity index (χ2n) is 8.25. The Balaban J connectivity index is 1.58. The van der Waals surface area contributed by atoms with Gasteiger partial charge in [-0.3, -0.25) is 9.78 Å². The molecular weight excluding hydrogens is 396 g/mol. The Bertz CT molecular complexity index is 1110. The Labute approximate surface area is 180 Å². The van der Waals surface area contributed by atoms with Crippen molar-refractivity contribution in [3.05, 3.63) is 48.1 Å². The van der Waals surface area contributed by atoms with Crippen molar-refractivity contribution in [2.45, 2.75) is 38.6 Å². The lowest BCUT2D eigenvalue weighted by atomic mass is 9.85. The van der Waals surface area contributed by atoms with Crippen LogP contribution in [0.1, 0.15) is 49.0 Å². The fourth-order valence-electron chi connectivity index (χ4n) is 4.22. The van der Waals surface area contributed by atoms with Crippen molar-refractivity contribution in [1.82, 2.24) is 20.2 Å². The molecule has 2 N–H and O–H groups in total. The van der Waals surface area contributed by atoms with Crippen LogP contribution in [0.3, 0.4) is 0 Å². The van der Waals surface area contributed by atoms with Crippen LogP contribution in [-0.4, -0.2) is 51.6 Å². The minimum Gasteiger partial charge on any atom is -0.465 e. The maximum absolute atomic E-state index is 11.7. The van der Waals surface area contributed by atoms with Crippen LogP contribution in [0.25, 0.3) is 22.2 Å². The van der Waals surface area contributed by atoms with Gasteiger partial charge >= 0.3 is 6.09 Å². The zero-order chi connectivity index (χ0) is 22.1. The highest BCUT2D eigenvalue weighted by Crippen LogP contribution is 2.36. The van der Waals surface area contributed by atoms with Crippen molar-refractivity contribution >= 4 is 23.1 Å². The van der Waals surface area contributed by atoms with Crippen LogP contribution in [0.4, 0.5) is 4.79 Å². The number of hydrogen-bond donors (Lipinski definition) is 2. The van der Waals surface area contributed by atoms with Gasteiger partial charge in [-0.05, 0) is 42.5 Å². The summed E-state index contributed by atoms with van der Waals surface area (Å²) in [7, 11) is 1.57. The number of benzene rings is 1. The summed E-state index contributed by atoms with van der Waals surface area (Å²) in [5.41, 5.74) is 3.64. The molecule has 2 amide bonds. The van der Waals surface area contributed by atoms with E-state index in [2.05, 4.69) is 10.3 Å². The third kappa shape index (κ3) is 4.10. The maximum atomic E-state index is 11.7. The molecule has 0 radical (unpaired) electrons. The zero-order valence-corrected chi connectivity index (χ0v) is 17.8. The standard InChI is InChI=1S/C23H26N4O4/c1-13(2)19-11-15(8-9-27(19)23(29)30)22-26-18-10-14(5-7-20(18)31-22)16-4-6-17(25-12-16)21(28)24-3/h4-7,10,12-13,15,19H,8-9,11H2,1-3H3,(H,24,28)(H,29,30). The largest absolute Gasteiger partial charge is 0.465 e. The van der Waals surface area contributed by atoms with E-state index in [0.29, 0.717) is 36.6 Å². The first-order valence-corrected chi connectivity index (χ1v) is 10.5. The molecule has 1 aliphatic rings. The van der Waals surface area contributed by atoms with Gasteiger partial charge in [-0.2, -0.15) is 0 Å². The number of likely N-dealkylation sites (tertiary alicyclic amines) is 1. The lowest BCUT2D eigenvalue weighted by Gasteiger charge is -2.39. The molecule has 1 fully saturated rings. The van der Waals surface area contributed by atoms with Crippen molar-refractivity contribution in [3.8, 4) is 11.1 Å². The molecule has 2 aromatic heterocycles. The number of carbonyl (C=O) groups excluding carboxylic acids is 1. The second-order valence-corrected chi connectivity index (χ2v) is 8.25. The van der Waals surface area contributed by atoms with Crippen LogP contribution in [0.15, 0.2) is 40.9 Å². The number of nitrogens with one attached hydrogen (secondary N) is 1. The zero-order valence-electron chi connectivity index (χ0n) is 17.8. The quantitative estimate of drug-likeness (QED) is 0.654. The molecule has 1 saturated heterocycles. The number of piperidine rings is 1. The molecule has 2 unspecified atom stereocenters. The molecule has 0 spiro atoms. The molecule has 1 aliphatic heterocycles. The predicted octanol–water partition coefficient (Wildman–Crippen LogP) is 4.13. The van der Waals surface area contributed by atoms with Crippen LogP contribution in [-0.2, 0) is 0 Å². The van der Waals surface area contributed by atoms with Gasteiger partial charge in [0, 0.05) is 37.3 Å². The average Bonchev–Trinajstić information content (AvgIpc) is 3.21. The third-order valence-electron chi connectivity index (χ3n) is 5.97. The second kappa shape index (κ2) is 8.37. The Kier molecular flexibility index (Phi) is 5.63. The summed E-state index contributed by atoms with van der Waals surface area (Å²) in [5.74, 6) is 0.750. The smallest absolute Gasteiger partial charge is 0.407 e. The molecule has 8 heteroatoms. The lowest BCUT2D eigenvalue weighted by molar-refractivity contribution is 0.0794. The van der Waals surface area contributed by atoms with Gasteiger partial charge in [0.1, 0.15) is 11.2 Å². The summed E-state index contributed by atoms with van der Waals surface area (Å²) < 4.78 is 6.04. The fraction of sp³-hybridized carbons (Fsp3) is 0.391. The third-order valence-corrected chi connectivity index (χ3v) is 5.97. The summed E-state index contributed by atoms with van der Waals surface area (Å²) in [6.07, 6.45) is 2.20. The molecule has 4 rings (SSSR count). The molecule has 3 aromatic rings. The van der Waals surface area contributed by atoms with Gasteiger partial charge in [0.15, 0.2) is 11.5 Å². The predicted molar refractivity (Wildman–Crippen MR) is 116 cm³/mol. The van der Waals surface area contributed by atoms with Crippen LogP contribution in [0.5, 0.6) is 0 Å². The van der Waals surface area contributed by atoms with E-state index in [9.17, 15) is 14.7 Å². The molecule has 0 aliphatic carbocycles. The van der Waals surface area contributed by atoms with Crippen molar-refractivity contribution in [1.29, 1.82) is 0 Å². The number of oxazole rings is 1. The fourth-order valence-corrected chi connectivity index (χ4v) is 4.22. The Morgan fingerprint density at radius 2 is 2.00 bits per heavy atom. The minimum atomic E-state index is -0.865. The number of rotatable bonds is 4. The van der Waals surface area contributed by atoms with E-state index in [1.807, 2.05) is 38.1 Å². The van der Waals surface area contributed by atoms with Crippen LogP contribution < -0.4 is 5.32 Å². The number of amides is 2. The van der Waals surface area contributed by atoms with Gasteiger partial charge in [0.25, 0.3) is 5.91 Å². The number of hydrogen-bond acceptors (Lipinski definition) is 5. The highest BCUT2D eigenvalue weighted by atomic mass is 16.4. The SMILES string of the molecule is CNC(=O)c1ccc(-c2ccc3oc(C4CCN(C(=O)O)C(C(C)C)C4)nc3c2)cn1. The number of aromatic nitrogens is 2. The molecule has 1 aromatic carbocycles. The highest BCUT2D eigenvalue weighted by Gasteiger charge is 2.35. The Morgan fingerprint density at radius 3 is 2.65 bits per heavy atom. The Morgan fingerprint density at radius 1 is 1.23 bits per heavy atom. The number of pyridine rings is 1. The van der Waals surface area contributed by atoms with E-state index in [4.69, 9.17) is 9.40 Å². The molecule has 2 atom stereocenters. The number of carboxylic acid groups (broad SMARTS) is 1. The van der Waals surface area contributed by atoms with Crippen LogP contribution in [0, 0.1) is 5.92 Å². The maximum Gasteiger partial charge on any atom is 0.407 e. The van der Waals surface area contributed by atoms with Crippen molar-refractivity contribution in [2.75, 3.05) is 13.6 Å².